The number of aliphatic hydroxyl groups is 1. The molecule has 1 aliphatic heterocycles. The Balaban J connectivity index is 1.99. The van der Waals surface area contributed by atoms with E-state index in [0.717, 1.165) is 12.0 Å². The third kappa shape index (κ3) is 4.94. The van der Waals surface area contributed by atoms with Crippen LogP contribution >= 0.6 is 11.6 Å². The van der Waals surface area contributed by atoms with Gasteiger partial charge in [0.2, 0.25) is 0 Å². The maximum Gasteiger partial charge on any atom is 0.319 e. The van der Waals surface area contributed by atoms with Crippen LogP contribution in [0.2, 0.25) is 5.02 Å². The van der Waals surface area contributed by atoms with Gasteiger partial charge in [-0.3, -0.25) is 0 Å². The summed E-state index contributed by atoms with van der Waals surface area (Å²) in [7, 11) is 0. The van der Waals surface area contributed by atoms with E-state index in [1.165, 1.54) is 0 Å². The number of amides is 2. The lowest BCUT2D eigenvalue weighted by Gasteiger charge is -2.13. The summed E-state index contributed by atoms with van der Waals surface area (Å²) in [5.74, 6) is 5.72. The van der Waals surface area contributed by atoms with Gasteiger partial charge in [0.1, 0.15) is 0 Å². The molecule has 1 saturated heterocycles. The predicted molar refractivity (Wildman–Crippen MR) is 81.4 cm³/mol. The Bertz CT molecular complexity index is 560. The quantitative estimate of drug-likeness (QED) is 0.748. The number of ether oxygens (including phenoxy) is 1. The van der Waals surface area contributed by atoms with E-state index < -0.39 is 0 Å². The Kier molecular flexibility index (Phi) is 5.88. The van der Waals surface area contributed by atoms with E-state index in [4.69, 9.17) is 21.4 Å². The van der Waals surface area contributed by atoms with E-state index >= 15 is 0 Å². The minimum absolute atomic E-state index is 0.0254. The fourth-order valence-corrected chi connectivity index (χ4v) is 2.08. The maximum absolute atomic E-state index is 11.9. The van der Waals surface area contributed by atoms with Crippen molar-refractivity contribution in [2.45, 2.75) is 18.9 Å². The fraction of sp³-hybridized carbons (Fsp3) is 0.400. The van der Waals surface area contributed by atoms with E-state index in [1.54, 1.807) is 18.2 Å². The van der Waals surface area contributed by atoms with Gasteiger partial charge >= 0.3 is 6.03 Å². The number of anilines is 1. The van der Waals surface area contributed by atoms with Gasteiger partial charge in [0.25, 0.3) is 0 Å². The molecule has 1 aromatic carbocycles. The fourth-order valence-electron chi connectivity index (χ4n) is 1.91. The second-order valence-corrected chi connectivity index (χ2v) is 5.04. The van der Waals surface area contributed by atoms with Crippen molar-refractivity contribution in [1.82, 2.24) is 5.32 Å². The van der Waals surface area contributed by atoms with Crippen LogP contribution in [0.4, 0.5) is 10.5 Å². The molecule has 6 heteroatoms. The number of benzene rings is 1. The first-order valence-corrected chi connectivity index (χ1v) is 7.11. The molecular weight excluding hydrogens is 292 g/mol. The Hall–Kier alpha value is -1.74. The second kappa shape index (κ2) is 7.89. The van der Waals surface area contributed by atoms with E-state index in [0.29, 0.717) is 30.3 Å². The Morgan fingerprint density at radius 2 is 2.38 bits per heavy atom. The van der Waals surface area contributed by atoms with Crippen LogP contribution in [0, 0.1) is 11.8 Å². The zero-order valence-corrected chi connectivity index (χ0v) is 12.2. The highest BCUT2D eigenvalue weighted by Gasteiger charge is 2.18. The van der Waals surface area contributed by atoms with Crippen LogP contribution in [-0.4, -0.2) is 37.0 Å². The van der Waals surface area contributed by atoms with Gasteiger partial charge in [-0.2, -0.15) is 0 Å². The topological polar surface area (TPSA) is 70.6 Å². The van der Waals surface area contributed by atoms with Gasteiger partial charge in [-0.25, -0.2) is 4.79 Å². The number of urea groups is 1. The summed E-state index contributed by atoms with van der Waals surface area (Å²) >= 11 is 6.06. The minimum atomic E-state index is -0.312. The van der Waals surface area contributed by atoms with Gasteiger partial charge in [0, 0.05) is 18.6 Å². The van der Waals surface area contributed by atoms with E-state index in [-0.39, 0.29) is 18.7 Å². The number of rotatable bonds is 3. The highest BCUT2D eigenvalue weighted by atomic mass is 35.5. The summed E-state index contributed by atoms with van der Waals surface area (Å²) in [5, 5.41) is 14.7. The standard InChI is InChI=1S/C15H17ClN2O3/c16-13-5-4-11(3-1-2-7-19)9-14(13)18-15(20)17-12-6-8-21-10-12/h4-5,9,12,19H,2,6-8,10H2,(H2,17,18,20). The SMILES string of the molecule is O=C(Nc1cc(C#CCCO)ccc1Cl)NC1CCOC1. The van der Waals surface area contributed by atoms with Gasteiger partial charge in [-0.05, 0) is 24.6 Å². The molecule has 1 aromatic rings. The van der Waals surface area contributed by atoms with Crippen molar-refractivity contribution in [3.63, 3.8) is 0 Å². The molecule has 0 spiro atoms. The van der Waals surface area contributed by atoms with Crippen molar-refractivity contribution in [1.29, 1.82) is 0 Å². The van der Waals surface area contributed by atoms with Crippen LogP contribution in [0.3, 0.4) is 0 Å². The van der Waals surface area contributed by atoms with Crippen molar-refractivity contribution in [2.24, 2.45) is 0 Å². The van der Waals surface area contributed by atoms with Gasteiger partial charge in [0.15, 0.2) is 0 Å². The van der Waals surface area contributed by atoms with E-state index in [9.17, 15) is 4.79 Å². The number of aliphatic hydroxyl groups excluding tert-OH is 1. The van der Waals surface area contributed by atoms with Crippen molar-refractivity contribution in [3.8, 4) is 11.8 Å². The van der Waals surface area contributed by atoms with Gasteiger partial charge < -0.3 is 20.5 Å². The van der Waals surface area contributed by atoms with Crippen LogP contribution in [0.1, 0.15) is 18.4 Å². The van der Waals surface area contributed by atoms with Crippen molar-refractivity contribution in [3.05, 3.63) is 28.8 Å². The first kappa shape index (κ1) is 15.6. The summed E-state index contributed by atoms with van der Waals surface area (Å²) in [6, 6.07) is 4.88. The van der Waals surface area contributed by atoms with Crippen molar-refractivity contribution in [2.75, 3.05) is 25.1 Å². The molecule has 1 atom stereocenters. The molecule has 5 nitrogen and oxygen atoms in total. The average Bonchev–Trinajstić information content (AvgIpc) is 2.95. The zero-order valence-electron chi connectivity index (χ0n) is 11.5. The minimum Gasteiger partial charge on any atom is -0.395 e. The normalized spacial score (nSPS) is 17.0. The van der Waals surface area contributed by atoms with Crippen molar-refractivity contribution >= 4 is 23.3 Å². The summed E-state index contributed by atoms with van der Waals surface area (Å²) in [4.78, 5) is 11.9. The van der Waals surface area contributed by atoms with Gasteiger partial charge in [-0.15, -0.1) is 0 Å². The van der Waals surface area contributed by atoms with Crippen LogP contribution in [-0.2, 0) is 4.74 Å². The van der Waals surface area contributed by atoms with Crippen LogP contribution in [0.5, 0.6) is 0 Å². The van der Waals surface area contributed by atoms with Gasteiger partial charge in [0.05, 0.1) is 30.0 Å². The molecule has 1 fully saturated rings. The third-order valence-electron chi connectivity index (χ3n) is 2.95. The maximum atomic E-state index is 11.9. The number of hydrogen-bond acceptors (Lipinski definition) is 3. The van der Waals surface area contributed by atoms with Gasteiger partial charge in [-0.1, -0.05) is 23.4 Å². The first-order valence-electron chi connectivity index (χ1n) is 6.73. The predicted octanol–water partition coefficient (Wildman–Crippen LogP) is 1.98. The summed E-state index contributed by atoms with van der Waals surface area (Å²) in [5.41, 5.74) is 1.23. The number of hydrogen-bond donors (Lipinski definition) is 3. The molecule has 2 rings (SSSR count). The highest BCUT2D eigenvalue weighted by molar-refractivity contribution is 6.33. The Labute approximate surface area is 128 Å². The lowest BCUT2D eigenvalue weighted by molar-refractivity contribution is 0.189. The molecule has 1 unspecified atom stereocenters. The molecule has 0 saturated carbocycles. The van der Waals surface area contributed by atoms with Crippen LogP contribution < -0.4 is 10.6 Å². The molecule has 3 N–H and O–H groups in total. The molecule has 1 aliphatic rings. The van der Waals surface area contributed by atoms with Crippen LogP contribution in [0.15, 0.2) is 18.2 Å². The summed E-state index contributed by atoms with van der Waals surface area (Å²) in [6.45, 7) is 1.23. The molecular formula is C15H17ClN2O3. The Morgan fingerprint density at radius 3 is 3.10 bits per heavy atom. The molecule has 21 heavy (non-hydrogen) atoms. The largest absolute Gasteiger partial charge is 0.395 e. The summed E-state index contributed by atoms with van der Waals surface area (Å²) < 4.78 is 5.20. The number of halogens is 1. The number of carbonyl (C=O) groups is 1. The first-order chi connectivity index (χ1) is 10.2. The summed E-state index contributed by atoms with van der Waals surface area (Å²) in [6.07, 6.45) is 1.22. The highest BCUT2D eigenvalue weighted by Crippen LogP contribution is 2.22. The lowest BCUT2D eigenvalue weighted by atomic mass is 10.2. The van der Waals surface area contributed by atoms with E-state index in [1.807, 2.05) is 0 Å². The molecule has 0 radical (unpaired) electrons. The third-order valence-corrected chi connectivity index (χ3v) is 3.28. The molecule has 112 valence electrons. The number of carbonyl (C=O) groups excluding carboxylic acids is 1. The zero-order chi connectivity index (χ0) is 15.1. The smallest absolute Gasteiger partial charge is 0.319 e. The lowest BCUT2D eigenvalue weighted by Crippen LogP contribution is -2.38. The Morgan fingerprint density at radius 1 is 1.52 bits per heavy atom. The molecule has 0 aromatic heterocycles. The molecule has 0 bridgehead atoms. The monoisotopic (exact) mass is 308 g/mol. The van der Waals surface area contributed by atoms with Crippen molar-refractivity contribution < 1.29 is 14.6 Å². The second-order valence-electron chi connectivity index (χ2n) is 4.63. The molecule has 2 amide bonds. The number of nitrogens with one attached hydrogen (secondary N) is 2. The molecule has 1 heterocycles. The van der Waals surface area contributed by atoms with Crippen LogP contribution in [0.25, 0.3) is 0 Å². The molecule has 0 aliphatic carbocycles. The average molecular weight is 309 g/mol. The van der Waals surface area contributed by atoms with E-state index in [2.05, 4.69) is 22.5 Å².